The quantitative estimate of drug-likeness (QED) is 0.648. The standard InChI is InChI=1S/C21H28N2O6S/c1-14(2)29-18-9-7-8-16(12-18)22-21(24)15(3)23(30(6,25)26)17-10-11-19(27-4)20(13-17)28-5/h7-15H,1-6H3,(H,22,24)/t15-/m1/s1. The van der Waals surface area contributed by atoms with Gasteiger partial charge in [0.25, 0.3) is 0 Å². The average Bonchev–Trinajstić information content (AvgIpc) is 2.66. The maximum atomic E-state index is 12.9. The van der Waals surface area contributed by atoms with Gasteiger partial charge in [0.1, 0.15) is 11.8 Å². The molecule has 0 saturated heterocycles. The highest BCUT2D eigenvalue weighted by Crippen LogP contribution is 2.33. The van der Waals surface area contributed by atoms with Crippen molar-refractivity contribution in [2.75, 3.05) is 30.1 Å². The lowest BCUT2D eigenvalue weighted by Gasteiger charge is -2.28. The summed E-state index contributed by atoms with van der Waals surface area (Å²) in [5.41, 5.74) is 0.792. The predicted octanol–water partition coefficient (Wildman–Crippen LogP) is 3.28. The summed E-state index contributed by atoms with van der Waals surface area (Å²) in [6.45, 7) is 5.32. The molecule has 8 nitrogen and oxygen atoms in total. The molecule has 1 atom stereocenters. The van der Waals surface area contributed by atoms with Crippen LogP contribution in [0.15, 0.2) is 42.5 Å². The molecular formula is C21H28N2O6S. The van der Waals surface area contributed by atoms with E-state index in [9.17, 15) is 13.2 Å². The Kier molecular flexibility index (Phi) is 7.55. The van der Waals surface area contributed by atoms with Gasteiger partial charge in [-0.05, 0) is 45.0 Å². The fourth-order valence-electron chi connectivity index (χ4n) is 2.94. The van der Waals surface area contributed by atoms with E-state index in [1.165, 1.54) is 27.2 Å². The van der Waals surface area contributed by atoms with Gasteiger partial charge in [0.05, 0.1) is 32.3 Å². The molecule has 0 aliphatic heterocycles. The molecule has 0 aliphatic carbocycles. The third kappa shape index (κ3) is 5.79. The van der Waals surface area contributed by atoms with Crippen LogP contribution in [-0.2, 0) is 14.8 Å². The summed E-state index contributed by atoms with van der Waals surface area (Å²) in [6.07, 6.45) is 1.03. The number of anilines is 2. The molecule has 9 heteroatoms. The van der Waals surface area contributed by atoms with E-state index in [4.69, 9.17) is 14.2 Å². The van der Waals surface area contributed by atoms with Crippen LogP contribution in [0, 0.1) is 0 Å². The van der Waals surface area contributed by atoms with Gasteiger partial charge < -0.3 is 19.5 Å². The number of carbonyl (C=O) groups is 1. The Labute approximate surface area is 177 Å². The fourth-order valence-corrected chi connectivity index (χ4v) is 4.10. The molecule has 0 fully saturated rings. The maximum Gasteiger partial charge on any atom is 0.247 e. The van der Waals surface area contributed by atoms with E-state index in [1.807, 2.05) is 13.8 Å². The molecule has 2 aromatic carbocycles. The smallest absolute Gasteiger partial charge is 0.247 e. The van der Waals surface area contributed by atoms with Crippen LogP contribution in [0.4, 0.5) is 11.4 Å². The SMILES string of the molecule is COc1ccc(N([C@H](C)C(=O)Nc2cccc(OC(C)C)c2)S(C)(=O)=O)cc1OC. The zero-order valence-electron chi connectivity index (χ0n) is 18.0. The van der Waals surface area contributed by atoms with Gasteiger partial charge in [0, 0.05) is 17.8 Å². The Morgan fingerprint density at radius 2 is 1.67 bits per heavy atom. The number of amides is 1. The van der Waals surface area contributed by atoms with Crippen molar-refractivity contribution >= 4 is 27.3 Å². The highest BCUT2D eigenvalue weighted by molar-refractivity contribution is 7.92. The molecule has 30 heavy (non-hydrogen) atoms. The minimum Gasteiger partial charge on any atom is -0.493 e. The lowest BCUT2D eigenvalue weighted by molar-refractivity contribution is -0.116. The van der Waals surface area contributed by atoms with Crippen LogP contribution in [0.25, 0.3) is 0 Å². The highest BCUT2D eigenvalue weighted by Gasteiger charge is 2.30. The van der Waals surface area contributed by atoms with Gasteiger partial charge in [-0.15, -0.1) is 0 Å². The molecule has 0 heterocycles. The Balaban J connectivity index is 2.32. The predicted molar refractivity (Wildman–Crippen MR) is 117 cm³/mol. The van der Waals surface area contributed by atoms with Crippen LogP contribution in [0.5, 0.6) is 17.2 Å². The number of hydrogen-bond donors (Lipinski definition) is 1. The maximum absolute atomic E-state index is 12.9. The monoisotopic (exact) mass is 436 g/mol. The summed E-state index contributed by atoms with van der Waals surface area (Å²) in [6, 6.07) is 10.6. The Morgan fingerprint density at radius 3 is 2.23 bits per heavy atom. The highest BCUT2D eigenvalue weighted by atomic mass is 32.2. The minimum absolute atomic E-state index is 0.0133. The Bertz CT molecular complexity index is 991. The Morgan fingerprint density at radius 1 is 1.00 bits per heavy atom. The van der Waals surface area contributed by atoms with Gasteiger partial charge in [0.2, 0.25) is 15.9 Å². The van der Waals surface area contributed by atoms with Gasteiger partial charge in [-0.2, -0.15) is 0 Å². The van der Waals surface area contributed by atoms with Crippen LogP contribution >= 0.6 is 0 Å². The van der Waals surface area contributed by atoms with Crippen molar-refractivity contribution in [3.63, 3.8) is 0 Å². The average molecular weight is 437 g/mol. The van der Waals surface area contributed by atoms with Crippen LogP contribution in [0.3, 0.4) is 0 Å². The summed E-state index contributed by atoms with van der Waals surface area (Å²) < 4.78 is 42.2. The fraction of sp³-hybridized carbons (Fsp3) is 0.381. The molecule has 2 aromatic rings. The summed E-state index contributed by atoms with van der Waals surface area (Å²) in [7, 11) is -0.833. The number of carbonyl (C=O) groups excluding carboxylic acids is 1. The molecule has 0 bridgehead atoms. The Hall–Kier alpha value is -2.94. The molecule has 1 N–H and O–H groups in total. The molecule has 2 rings (SSSR count). The van der Waals surface area contributed by atoms with E-state index < -0.39 is 22.0 Å². The molecule has 0 unspecified atom stereocenters. The first-order valence-corrected chi connectivity index (χ1v) is 11.2. The first-order chi connectivity index (χ1) is 14.1. The first-order valence-electron chi connectivity index (χ1n) is 9.35. The molecule has 0 radical (unpaired) electrons. The van der Waals surface area contributed by atoms with Crippen molar-refractivity contribution in [3.05, 3.63) is 42.5 Å². The van der Waals surface area contributed by atoms with Gasteiger partial charge in [0.15, 0.2) is 11.5 Å². The molecule has 0 aliphatic rings. The number of methoxy groups -OCH3 is 2. The minimum atomic E-state index is -3.77. The van der Waals surface area contributed by atoms with E-state index in [0.29, 0.717) is 22.9 Å². The second-order valence-electron chi connectivity index (χ2n) is 6.96. The lowest BCUT2D eigenvalue weighted by Crippen LogP contribution is -2.45. The number of hydrogen-bond acceptors (Lipinski definition) is 6. The van der Waals surface area contributed by atoms with Crippen molar-refractivity contribution in [3.8, 4) is 17.2 Å². The van der Waals surface area contributed by atoms with Crippen molar-refractivity contribution in [2.45, 2.75) is 32.9 Å². The molecular weight excluding hydrogens is 408 g/mol. The molecule has 0 aromatic heterocycles. The van der Waals surface area contributed by atoms with E-state index in [1.54, 1.807) is 36.4 Å². The van der Waals surface area contributed by atoms with E-state index in [-0.39, 0.29) is 11.8 Å². The summed E-state index contributed by atoms with van der Waals surface area (Å²) in [4.78, 5) is 12.9. The number of nitrogens with one attached hydrogen (secondary N) is 1. The largest absolute Gasteiger partial charge is 0.493 e. The lowest BCUT2D eigenvalue weighted by atomic mass is 10.2. The number of rotatable bonds is 9. The van der Waals surface area contributed by atoms with Crippen LogP contribution in [0.2, 0.25) is 0 Å². The molecule has 0 spiro atoms. The third-order valence-electron chi connectivity index (χ3n) is 4.18. The van der Waals surface area contributed by atoms with Gasteiger partial charge in [-0.25, -0.2) is 8.42 Å². The molecule has 1 amide bonds. The van der Waals surface area contributed by atoms with Crippen molar-refractivity contribution < 1.29 is 27.4 Å². The first kappa shape index (κ1) is 23.3. The van der Waals surface area contributed by atoms with Crippen LogP contribution in [-0.4, -0.2) is 46.9 Å². The van der Waals surface area contributed by atoms with E-state index >= 15 is 0 Å². The van der Waals surface area contributed by atoms with Crippen LogP contribution in [0.1, 0.15) is 20.8 Å². The molecule has 0 saturated carbocycles. The van der Waals surface area contributed by atoms with Crippen molar-refractivity contribution in [2.24, 2.45) is 0 Å². The normalized spacial score (nSPS) is 12.2. The van der Waals surface area contributed by atoms with Crippen molar-refractivity contribution in [1.82, 2.24) is 0 Å². The van der Waals surface area contributed by atoms with E-state index in [0.717, 1.165) is 10.6 Å². The van der Waals surface area contributed by atoms with Gasteiger partial charge in [-0.3, -0.25) is 9.10 Å². The summed E-state index contributed by atoms with van der Waals surface area (Å²) >= 11 is 0. The zero-order valence-corrected chi connectivity index (χ0v) is 18.8. The number of sulfonamides is 1. The number of ether oxygens (including phenoxy) is 3. The number of benzene rings is 2. The van der Waals surface area contributed by atoms with Gasteiger partial charge >= 0.3 is 0 Å². The van der Waals surface area contributed by atoms with Gasteiger partial charge in [-0.1, -0.05) is 6.07 Å². The van der Waals surface area contributed by atoms with Crippen LogP contribution < -0.4 is 23.8 Å². The molecule has 164 valence electrons. The second-order valence-corrected chi connectivity index (χ2v) is 8.82. The second kappa shape index (κ2) is 9.71. The topological polar surface area (TPSA) is 94.2 Å². The third-order valence-corrected chi connectivity index (χ3v) is 5.43. The number of nitrogens with zero attached hydrogens (tertiary/aromatic N) is 1. The summed E-state index contributed by atoms with van der Waals surface area (Å²) in [5.74, 6) is 0.927. The summed E-state index contributed by atoms with van der Waals surface area (Å²) in [5, 5.41) is 2.75. The van der Waals surface area contributed by atoms with Crippen molar-refractivity contribution in [1.29, 1.82) is 0 Å². The zero-order chi connectivity index (χ0) is 22.5. The van der Waals surface area contributed by atoms with E-state index in [2.05, 4.69) is 5.32 Å².